The molecule has 114 valence electrons. The van der Waals surface area contributed by atoms with E-state index in [9.17, 15) is 0 Å². The van der Waals surface area contributed by atoms with Crippen LogP contribution in [0.15, 0.2) is 54.7 Å². The van der Waals surface area contributed by atoms with Gasteiger partial charge in [-0.15, -0.1) is 0 Å². The van der Waals surface area contributed by atoms with E-state index in [1.807, 2.05) is 12.3 Å². The Kier molecular flexibility index (Phi) is 2.86. The van der Waals surface area contributed by atoms with Crippen molar-refractivity contribution in [3.8, 4) is 22.4 Å². The number of aromatic nitrogens is 1. The average Bonchev–Trinajstić information content (AvgIpc) is 2.77. The first-order valence-corrected chi connectivity index (χ1v) is 7.96. The van der Waals surface area contributed by atoms with Crippen molar-refractivity contribution in [1.29, 1.82) is 0 Å². The third kappa shape index (κ3) is 1.91. The Bertz CT molecular complexity index is 909. The predicted molar refractivity (Wildman–Crippen MR) is 96.4 cm³/mol. The SMILES string of the molecule is Cc1cc2c(cc1N)C(C)(C)c1c-2ccnc1-c1ccccc1. The summed E-state index contributed by atoms with van der Waals surface area (Å²) < 4.78 is 0. The highest BCUT2D eigenvalue weighted by Crippen LogP contribution is 2.52. The molecule has 0 aliphatic heterocycles. The molecule has 0 fully saturated rings. The zero-order valence-corrected chi connectivity index (χ0v) is 13.7. The Morgan fingerprint density at radius 2 is 1.70 bits per heavy atom. The van der Waals surface area contributed by atoms with Crippen LogP contribution in [0.25, 0.3) is 22.4 Å². The number of rotatable bonds is 1. The van der Waals surface area contributed by atoms with E-state index >= 15 is 0 Å². The predicted octanol–water partition coefficient (Wildman–Crippen LogP) is 4.95. The average molecular weight is 300 g/mol. The fraction of sp³-hybridized carbons (Fsp3) is 0.190. The molecule has 0 bridgehead atoms. The van der Waals surface area contributed by atoms with Crippen LogP contribution in [0.3, 0.4) is 0 Å². The normalized spacial score (nSPS) is 14.4. The van der Waals surface area contributed by atoms with Crippen molar-refractivity contribution in [3.05, 3.63) is 71.4 Å². The summed E-state index contributed by atoms with van der Waals surface area (Å²) in [5, 5.41) is 0. The Hall–Kier alpha value is -2.61. The van der Waals surface area contributed by atoms with Crippen molar-refractivity contribution >= 4 is 5.69 Å². The largest absolute Gasteiger partial charge is 0.399 e. The van der Waals surface area contributed by atoms with E-state index < -0.39 is 0 Å². The first kappa shape index (κ1) is 14.0. The lowest BCUT2D eigenvalue weighted by Crippen LogP contribution is -2.17. The summed E-state index contributed by atoms with van der Waals surface area (Å²) in [6.07, 6.45) is 1.91. The quantitative estimate of drug-likeness (QED) is 0.646. The molecular weight excluding hydrogens is 280 g/mol. The van der Waals surface area contributed by atoms with Gasteiger partial charge in [0.15, 0.2) is 0 Å². The van der Waals surface area contributed by atoms with Crippen LogP contribution in [0.2, 0.25) is 0 Å². The van der Waals surface area contributed by atoms with Gasteiger partial charge in [-0.25, -0.2) is 0 Å². The molecule has 2 N–H and O–H groups in total. The molecule has 0 saturated heterocycles. The van der Waals surface area contributed by atoms with Gasteiger partial charge in [0.25, 0.3) is 0 Å². The van der Waals surface area contributed by atoms with Crippen LogP contribution in [0.1, 0.15) is 30.5 Å². The fourth-order valence-electron chi connectivity index (χ4n) is 3.73. The molecule has 1 aliphatic rings. The minimum atomic E-state index is -0.105. The van der Waals surface area contributed by atoms with Gasteiger partial charge in [0.2, 0.25) is 0 Å². The van der Waals surface area contributed by atoms with E-state index in [-0.39, 0.29) is 5.41 Å². The monoisotopic (exact) mass is 300 g/mol. The molecule has 0 spiro atoms. The Balaban J connectivity index is 2.06. The molecule has 1 heterocycles. The number of benzene rings is 2. The van der Waals surface area contributed by atoms with Gasteiger partial charge in [0.05, 0.1) is 5.69 Å². The van der Waals surface area contributed by atoms with Crippen LogP contribution in [0.4, 0.5) is 5.69 Å². The third-order valence-electron chi connectivity index (χ3n) is 4.99. The molecule has 0 atom stereocenters. The van der Waals surface area contributed by atoms with E-state index in [0.29, 0.717) is 0 Å². The number of anilines is 1. The molecule has 23 heavy (non-hydrogen) atoms. The summed E-state index contributed by atoms with van der Waals surface area (Å²) in [5.41, 5.74) is 15.5. The Morgan fingerprint density at radius 3 is 2.43 bits per heavy atom. The lowest BCUT2D eigenvalue weighted by molar-refractivity contribution is 0.659. The number of nitrogens with zero attached hydrogens (tertiary/aromatic N) is 1. The first-order chi connectivity index (χ1) is 11.0. The lowest BCUT2D eigenvalue weighted by Gasteiger charge is -2.24. The van der Waals surface area contributed by atoms with E-state index in [1.54, 1.807) is 0 Å². The molecule has 0 radical (unpaired) electrons. The van der Waals surface area contributed by atoms with Crippen molar-refractivity contribution in [1.82, 2.24) is 4.98 Å². The topological polar surface area (TPSA) is 38.9 Å². The van der Waals surface area contributed by atoms with E-state index in [1.165, 1.54) is 22.3 Å². The number of hydrogen-bond donors (Lipinski definition) is 1. The van der Waals surface area contributed by atoms with Crippen molar-refractivity contribution < 1.29 is 0 Å². The number of fused-ring (bicyclic) bond motifs is 3. The zero-order valence-electron chi connectivity index (χ0n) is 13.7. The van der Waals surface area contributed by atoms with Crippen LogP contribution in [0.5, 0.6) is 0 Å². The molecule has 1 aromatic heterocycles. The molecule has 0 amide bonds. The smallest absolute Gasteiger partial charge is 0.0748 e. The van der Waals surface area contributed by atoms with E-state index in [0.717, 1.165) is 22.5 Å². The Labute approximate surface area is 137 Å². The second kappa shape index (κ2) is 4.69. The van der Waals surface area contributed by atoms with Gasteiger partial charge in [0, 0.05) is 22.9 Å². The first-order valence-electron chi connectivity index (χ1n) is 7.96. The van der Waals surface area contributed by atoms with Crippen molar-refractivity contribution in [2.75, 3.05) is 5.73 Å². The molecule has 2 heteroatoms. The second-order valence-corrected chi connectivity index (χ2v) is 6.83. The van der Waals surface area contributed by atoms with Crippen LogP contribution >= 0.6 is 0 Å². The summed E-state index contributed by atoms with van der Waals surface area (Å²) >= 11 is 0. The number of pyridine rings is 1. The van der Waals surface area contributed by atoms with E-state index in [2.05, 4.69) is 63.2 Å². The van der Waals surface area contributed by atoms with Gasteiger partial charge in [-0.05, 0) is 52.9 Å². The van der Waals surface area contributed by atoms with Gasteiger partial charge in [0.1, 0.15) is 0 Å². The highest BCUT2D eigenvalue weighted by atomic mass is 14.7. The van der Waals surface area contributed by atoms with E-state index in [4.69, 9.17) is 10.7 Å². The fourth-order valence-corrected chi connectivity index (χ4v) is 3.73. The molecule has 3 aromatic rings. The van der Waals surface area contributed by atoms with Gasteiger partial charge >= 0.3 is 0 Å². The maximum atomic E-state index is 6.18. The summed E-state index contributed by atoms with van der Waals surface area (Å²) in [6, 6.07) is 16.9. The third-order valence-corrected chi connectivity index (χ3v) is 4.99. The summed E-state index contributed by atoms with van der Waals surface area (Å²) in [5.74, 6) is 0. The minimum absolute atomic E-state index is 0.105. The van der Waals surface area contributed by atoms with Crippen LogP contribution in [0, 0.1) is 6.92 Å². The van der Waals surface area contributed by atoms with Gasteiger partial charge in [-0.2, -0.15) is 0 Å². The van der Waals surface area contributed by atoms with Crippen LogP contribution in [-0.2, 0) is 5.41 Å². The molecule has 2 nitrogen and oxygen atoms in total. The standard InChI is InChI=1S/C21H20N2/c1-13-11-16-15-9-10-23-20(14-7-5-4-6-8-14)19(15)21(2,3)17(16)12-18(13)22/h4-12H,22H2,1-3H3. The molecule has 2 aromatic carbocycles. The summed E-state index contributed by atoms with van der Waals surface area (Å²) in [6.45, 7) is 6.60. The molecule has 0 saturated carbocycles. The Morgan fingerprint density at radius 1 is 0.957 bits per heavy atom. The molecular formula is C21H20N2. The molecule has 4 rings (SSSR count). The van der Waals surface area contributed by atoms with Crippen molar-refractivity contribution in [3.63, 3.8) is 0 Å². The number of aryl methyl sites for hydroxylation is 1. The highest BCUT2D eigenvalue weighted by Gasteiger charge is 2.38. The lowest BCUT2D eigenvalue weighted by atomic mass is 9.80. The van der Waals surface area contributed by atoms with Gasteiger partial charge in [-0.3, -0.25) is 4.98 Å². The zero-order chi connectivity index (χ0) is 16.2. The van der Waals surface area contributed by atoms with Crippen molar-refractivity contribution in [2.24, 2.45) is 0 Å². The highest BCUT2D eigenvalue weighted by molar-refractivity contribution is 5.88. The number of nitrogen functional groups attached to an aromatic ring is 1. The van der Waals surface area contributed by atoms with Crippen LogP contribution < -0.4 is 5.73 Å². The van der Waals surface area contributed by atoms with Crippen LogP contribution in [-0.4, -0.2) is 4.98 Å². The van der Waals surface area contributed by atoms with Gasteiger partial charge in [-0.1, -0.05) is 44.2 Å². The number of nitrogens with two attached hydrogens (primary N) is 1. The maximum Gasteiger partial charge on any atom is 0.0748 e. The summed E-state index contributed by atoms with van der Waals surface area (Å²) in [4.78, 5) is 4.71. The summed E-state index contributed by atoms with van der Waals surface area (Å²) in [7, 11) is 0. The molecule has 0 unspecified atom stereocenters. The molecule has 1 aliphatic carbocycles. The number of hydrogen-bond acceptors (Lipinski definition) is 2. The maximum absolute atomic E-state index is 6.18. The van der Waals surface area contributed by atoms with Gasteiger partial charge < -0.3 is 5.73 Å². The minimum Gasteiger partial charge on any atom is -0.399 e. The second-order valence-electron chi connectivity index (χ2n) is 6.83. The van der Waals surface area contributed by atoms with Crippen molar-refractivity contribution in [2.45, 2.75) is 26.2 Å².